The fourth-order valence-corrected chi connectivity index (χ4v) is 1.98. The van der Waals surface area contributed by atoms with Crippen LogP contribution >= 0.6 is 11.6 Å². The summed E-state index contributed by atoms with van der Waals surface area (Å²) < 4.78 is 13.4. The van der Waals surface area contributed by atoms with E-state index in [0.717, 1.165) is 18.7 Å². The molecule has 0 spiro atoms. The van der Waals surface area contributed by atoms with Crippen LogP contribution in [-0.4, -0.2) is 12.5 Å². The average molecular weight is 307 g/mol. The molecule has 2 N–H and O–H groups in total. The Balaban J connectivity index is 2.18. The molecule has 0 saturated carbocycles. The molecule has 3 nitrogen and oxygen atoms in total. The van der Waals surface area contributed by atoms with E-state index in [4.69, 9.17) is 11.6 Å². The summed E-state index contributed by atoms with van der Waals surface area (Å²) in [6, 6.07) is 11.4. The van der Waals surface area contributed by atoms with E-state index in [1.165, 1.54) is 12.1 Å². The minimum atomic E-state index is -0.563. The van der Waals surface area contributed by atoms with Gasteiger partial charge in [-0.05, 0) is 36.8 Å². The quantitative estimate of drug-likeness (QED) is 0.850. The first-order valence-electron chi connectivity index (χ1n) is 6.71. The maximum atomic E-state index is 13.4. The van der Waals surface area contributed by atoms with Crippen LogP contribution in [0.2, 0.25) is 5.02 Å². The molecule has 110 valence electrons. The predicted octanol–water partition coefficient (Wildman–Crippen LogP) is 4.55. The van der Waals surface area contributed by atoms with Crippen molar-refractivity contribution in [3.05, 3.63) is 58.9 Å². The first kappa shape index (κ1) is 15.3. The van der Waals surface area contributed by atoms with Gasteiger partial charge >= 0.3 is 0 Å². The van der Waals surface area contributed by atoms with Crippen LogP contribution < -0.4 is 10.6 Å². The van der Waals surface area contributed by atoms with E-state index in [2.05, 4.69) is 10.6 Å². The highest BCUT2D eigenvalue weighted by atomic mass is 35.5. The van der Waals surface area contributed by atoms with Gasteiger partial charge in [0.05, 0.1) is 10.6 Å². The number of para-hydroxylation sites is 1. The van der Waals surface area contributed by atoms with Gasteiger partial charge in [-0.25, -0.2) is 4.39 Å². The second-order valence-corrected chi connectivity index (χ2v) is 4.96. The van der Waals surface area contributed by atoms with Crippen LogP contribution in [0.25, 0.3) is 0 Å². The van der Waals surface area contributed by atoms with Crippen LogP contribution in [0, 0.1) is 5.82 Å². The van der Waals surface area contributed by atoms with E-state index in [0.29, 0.717) is 11.3 Å². The molecular weight excluding hydrogens is 291 g/mol. The SMILES string of the molecule is CCCNc1ccccc1C(=O)Nc1ccc(Cl)c(F)c1. The molecule has 21 heavy (non-hydrogen) atoms. The van der Waals surface area contributed by atoms with E-state index >= 15 is 0 Å². The second kappa shape index (κ2) is 7.09. The first-order valence-corrected chi connectivity index (χ1v) is 7.09. The Morgan fingerprint density at radius 1 is 1.24 bits per heavy atom. The largest absolute Gasteiger partial charge is 0.384 e. The smallest absolute Gasteiger partial charge is 0.257 e. The lowest BCUT2D eigenvalue weighted by Crippen LogP contribution is -2.15. The van der Waals surface area contributed by atoms with Gasteiger partial charge in [-0.2, -0.15) is 0 Å². The van der Waals surface area contributed by atoms with Crippen LogP contribution in [-0.2, 0) is 0 Å². The van der Waals surface area contributed by atoms with Gasteiger partial charge in [0.15, 0.2) is 0 Å². The van der Waals surface area contributed by atoms with E-state index in [1.807, 2.05) is 19.1 Å². The molecule has 2 aromatic carbocycles. The molecular formula is C16H16ClFN2O. The number of anilines is 2. The molecule has 2 aromatic rings. The number of hydrogen-bond donors (Lipinski definition) is 2. The monoisotopic (exact) mass is 306 g/mol. The molecule has 0 bridgehead atoms. The minimum Gasteiger partial charge on any atom is -0.384 e. The van der Waals surface area contributed by atoms with Crippen LogP contribution in [0.1, 0.15) is 23.7 Å². The molecule has 2 rings (SSSR count). The summed E-state index contributed by atoms with van der Waals surface area (Å²) >= 11 is 5.62. The first-order chi connectivity index (χ1) is 10.1. The number of amides is 1. The third-order valence-corrected chi connectivity index (χ3v) is 3.22. The summed E-state index contributed by atoms with van der Waals surface area (Å²) in [4.78, 5) is 12.3. The van der Waals surface area contributed by atoms with Gasteiger partial charge in [0, 0.05) is 17.9 Å². The number of carbonyl (C=O) groups excluding carboxylic acids is 1. The Bertz CT molecular complexity index is 646. The molecule has 0 aliphatic carbocycles. The van der Waals surface area contributed by atoms with Crippen molar-refractivity contribution in [2.45, 2.75) is 13.3 Å². The van der Waals surface area contributed by atoms with Crippen LogP contribution in [0.5, 0.6) is 0 Å². The van der Waals surface area contributed by atoms with Gasteiger partial charge in [0.1, 0.15) is 5.82 Å². The molecule has 1 amide bonds. The number of nitrogens with one attached hydrogen (secondary N) is 2. The molecule has 0 radical (unpaired) electrons. The van der Waals surface area contributed by atoms with Crippen LogP contribution in [0.15, 0.2) is 42.5 Å². The zero-order valence-corrected chi connectivity index (χ0v) is 12.4. The van der Waals surface area contributed by atoms with Crippen molar-refractivity contribution >= 4 is 28.9 Å². The Morgan fingerprint density at radius 2 is 2.00 bits per heavy atom. The van der Waals surface area contributed by atoms with Crippen molar-refractivity contribution in [2.24, 2.45) is 0 Å². The van der Waals surface area contributed by atoms with E-state index < -0.39 is 5.82 Å². The lowest BCUT2D eigenvalue weighted by Gasteiger charge is -2.11. The zero-order chi connectivity index (χ0) is 15.2. The van der Waals surface area contributed by atoms with E-state index in [1.54, 1.807) is 18.2 Å². The number of halogens is 2. The van der Waals surface area contributed by atoms with E-state index in [9.17, 15) is 9.18 Å². The number of benzene rings is 2. The summed E-state index contributed by atoms with van der Waals surface area (Å²) in [5, 5.41) is 5.89. The maximum absolute atomic E-state index is 13.4. The molecule has 0 unspecified atom stereocenters. The van der Waals surface area contributed by atoms with Crippen LogP contribution in [0.4, 0.5) is 15.8 Å². The maximum Gasteiger partial charge on any atom is 0.257 e. The lowest BCUT2D eigenvalue weighted by molar-refractivity contribution is 0.102. The molecule has 0 aliphatic heterocycles. The normalized spacial score (nSPS) is 10.2. The van der Waals surface area contributed by atoms with Crippen molar-refractivity contribution in [1.82, 2.24) is 0 Å². The summed E-state index contributed by atoms with van der Waals surface area (Å²) in [6.45, 7) is 2.83. The topological polar surface area (TPSA) is 41.1 Å². The Labute approximate surface area is 128 Å². The average Bonchev–Trinajstić information content (AvgIpc) is 2.49. The van der Waals surface area contributed by atoms with Crippen molar-refractivity contribution < 1.29 is 9.18 Å². The highest BCUT2D eigenvalue weighted by molar-refractivity contribution is 6.30. The third-order valence-electron chi connectivity index (χ3n) is 2.91. The molecule has 0 atom stereocenters. The number of rotatable bonds is 5. The molecule has 0 heterocycles. The Morgan fingerprint density at radius 3 is 2.71 bits per heavy atom. The molecule has 0 saturated heterocycles. The third kappa shape index (κ3) is 3.95. The zero-order valence-electron chi connectivity index (χ0n) is 11.6. The molecule has 0 aromatic heterocycles. The van der Waals surface area contributed by atoms with Gasteiger partial charge in [-0.3, -0.25) is 4.79 Å². The van der Waals surface area contributed by atoms with Crippen LogP contribution in [0.3, 0.4) is 0 Å². The van der Waals surface area contributed by atoms with Crippen molar-refractivity contribution in [1.29, 1.82) is 0 Å². The van der Waals surface area contributed by atoms with Crippen molar-refractivity contribution in [3.8, 4) is 0 Å². The number of carbonyl (C=O) groups is 1. The Hall–Kier alpha value is -2.07. The highest BCUT2D eigenvalue weighted by Crippen LogP contribution is 2.21. The number of hydrogen-bond acceptors (Lipinski definition) is 2. The summed E-state index contributed by atoms with van der Waals surface area (Å²) in [5.74, 6) is -0.859. The molecule has 5 heteroatoms. The minimum absolute atomic E-state index is 0.0259. The van der Waals surface area contributed by atoms with Gasteiger partial charge in [0.2, 0.25) is 0 Å². The summed E-state index contributed by atoms with van der Waals surface area (Å²) in [5.41, 5.74) is 1.64. The fourth-order valence-electron chi connectivity index (χ4n) is 1.87. The molecule has 0 aliphatic rings. The van der Waals surface area contributed by atoms with Crippen molar-refractivity contribution in [3.63, 3.8) is 0 Å². The standard InChI is InChI=1S/C16H16ClFN2O/c1-2-9-19-15-6-4-3-5-12(15)16(21)20-11-7-8-13(17)14(18)10-11/h3-8,10,19H,2,9H2,1H3,(H,20,21). The second-order valence-electron chi connectivity index (χ2n) is 4.56. The summed E-state index contributed by atoms with van der Waals surface area (Å²) in [6.07, 6.45) is 0.957. The highest BCUT2D eigenvalue weighted by Gasteiger charge is 2.11. The molecule has 0 fully saturated rings. The fraction of sp³-hybridized carbons (Fsp3) is 0.188. The van der Waals surface area contributed by atoms with Gasteiger partial charge in [-0.15, -0.1) is 0 Å². The summed E-state index contributed by atoms with van der Waals surface area (Å²) in [7, 11) is 0. The van der Waals surface area contributed by atoms with Gasteiger partial charge < -0.3 is 10.6 Å². The van der Waals surface area contributed by atoms with E-state index in [-0.39, 0.29) is 10.9 Å². The lowest BCUT2D eigenvalue weighted by atomic mass is 10.1. The van der Waals surface area contributed by atoms with Crippen molar-refractivity contribution in [2.75, 3.05) is 17.2 Å². The van der Waals surface area contributed by atoms with Gasteiger partial charge in [0.25, 0.3) is 5.91 Å². The predicted molar refractivity (Wildman–Crippen MR) is 84.6 cm³/mol. The Kier molecular flexibility index (Phi) is 5.17. The van der Waals surface area contributed by atoms with Gasteiger partial charge in [-0.1, -0.05) is 30.7 Å².